The van der Waals surface area contributed by atoms with Crippen LogP contribution in [0.4, 0.5) is 17.1 Å². The van der Waals surface area contributed by atoms with Crippen molar-refractivity contribution >= 4 is 113 Å². The van der Waals surface area contributed by atoms with Crippen LogP contribution in [-0.2, 0) is 0 Å². The molecule has 9 aromatic carbocycles. The van der Waals surface area contributed by atoms with Gasteiger partial charge in [0.25, 0.3) is 6.71 Å². The Bertz CT molecular complexity index is 4040. The Kier molecular flexibility index (Phi) is 8.40. The van der Waals surface area contributed by atoms with Crippen molar-refractivity contribution in [2.45, 2.75) is 79.1 Å². The molecule has 342 valence electrons. The molecule has 71 heavy (non-hydrogen) atoms. The largest absolute Gasteiger partial charge is 0.310 e. The standard InChI is InChI=1S/C66H56BN3Si/c1-37(2)41-23-25-47-48-26-24-42(38(3)4)35-59(48)71(58(47)34-41)57-30-29-56-62-66(57)70-63-50(51-32-44(40(7)8)36-60(71)64(51)70)31-43(39(5)6)33-53(63)67(62)52-27-28-55(61-49-21-15-16-22-54(49)69(56)65(52)61)68(45-17-11-9-12-18-45)46-19-13-10-14-20-46/h9-40H,1-8H3. The van der Waals surface area contributed by atoms with Crippen molar-refractivity contribution in [3.05, 3.63) is 192 Å². The molecule has 15 rings (SSSR count). The van der Waals surface area contributed by atoms with E-state index in [9.17, 15) is 0 Å². The summed E-state index contributed by atoms with van der Waals surface area (Å²) in [7, 11) is -3.03. The molecule has 0 aliphatic carbocycles. The van der Waals surface area contributed by atoms with Crippen molar-refractivity contribution in [2.75, 3.05) is 4.90 Å². The lowest BCUT2D eigenvalue weighted by atomic mass is 9.34. The molecule has 0 atom stereocenters. The number of para-hydroxylation sites is 3. The third-order valence-electron chi connectivity index (χ3n) is 17.4. The fourth-order valence-corrected chi connectivity index (χ4v) is 19.7. The van der Waals surface area contributed by atoms with Gasteiger partial charge in [0.1, 0.15) is 0 Å². The van der Waals surface area contributed by atoms with Crippen LogP contribution in [0.1, 0.15) is 101 Å². The number of rotatable bonds is 7. The van der Waals surface area contributed by atoms with Crippen molar-refractivity contribution in [3.8, 4) is 22.5 Å². The number of hydrogen-bond acceptors (Lipinski definition) is 1. The summed E-state index contributed by atoms with van der Waals surface area (Å²) in [5.41, 5.74) is 24.5. The molecule has 0 unspecified atom stereocenters. The second kappa shape index (κ2) is 14.4. The summed E-state index contributed by atoms with van der Waals surface area (Å²) in [6.45, 7) is 19.1. The van der Waals surface area contributed by atoms with E-state index < -0.39 is 8.07 Å². The van der Waals surface area contributed by atoms with Crippen molar-refractivity contribution < 1.29 is 0 Å². The maximum absolute atomic E-state index is 3.03. The first-order chi connectivity index (χ1) is 34.6. The molecular formula is C66H56BN3Si. The molecule has 3 nitrogen and oxygen atoms in total. The molecule has 0 N–H and O–H groups in total. The van der Waals surface area contributed by atoms with Gasteiger partial charge in [-0.05, 0) is 149 Å². The van der Waals surface area contributed by atoms with Crippen molar-refractivity contribution in [1.82, 2.24) is 9.13 Å². The molecule has 0 fully saturated rings. The number of fused-ring (bicyclic) bond motifs is 14. The van der Waals surface area contributed by atoms with Crippen LogP contribution in [0.15, 0.2) is 170 Å². The SMILES string of the molecule is CC(C)c1ccc2c(c1)[Si]1(c3cc(C(C)C)ccc3-2)c2ccc3c4c2-n2c5c(cc(C(C)C)cc5c5cc(C(C)C)cc1c52)B4c1ccc(N(c2ccccc2)c2ccccc2)c2c4ccccc4n-3c12. The van der Waals surface area contributed by atoms with E-state index in [-0.39, 0.29) is 6.71 Å². The van der Waals surface area contributed by atoms with E-state index in [1.54, 1.807) is 20.7 Å². The Balaban J connectivity index is 1.16. The Morgan fingerprint density at radius 1 is 0.423 bits per heavy atom. The lowest BCUT2D eigenvalue weighted by Crippen LogP contribution is -2.77. The van der Waals surface area contributed by atoms with Gasteiger partial charge in [0, 0.05) is 49.8 Å². The molecule has 0 radical (unpaired) electrons. The maximum atomic E-state index is 2.82. The summed E-state index contributed by atoms with van der Waals surface area (Å²) >= 11 is 0. The Morgan fingerprint density at radius 3 is 1.61 bits per heavy atom. The summed E-state index contributed by atoms with van der Waals surface area (Å²) < 4.78 is 5.49. The van der Waals surface area contributed by atoms with Crippen molar-refractivity contribution in [2.24, 2.45) is 0 Å². The number of benzene rings is 9. The minimum Gasteiger partial charge on any atom is -0.310 e. The second-order valence-electron chi connectivity index (χ2n) is 22.4. The number of hydrogen-bond donors (Lipinski definition) is 0. The van der Waals surface area contributed by atoms with E-state index in [0.29, 0.717) is 23.7 Å². The van der Waals surface area contributed by atoms with Gasteiger partial charge >= 0.3 is 0 Å². The zero-order valence-corrected chi connectivity index (χ0v) is 42.9. The fraction of sp³-hybridized carbons (Fsp3) is 0.182. The minimum atomic E-state index is -3.03. The van der Waals surface area contributed by atoms with Gasteiger partial charge in [-0.25, -0.2) is 0 Å². The van der Waals surface area contributed by atoms with Crippen molar-refractivity contribution in [1.29, 1.82) is 0 Å². The van der Waals surface area contributed by atoms with Gasteiger partial charge in [-0.2, -0.15) is 0 Å². The molecule has 4 aliphatic heterocycles. The van der Waals surface area contributed by atoms with Crippen molar-refractivity contribution in [3.63, 3.8) is 0 Å². The molecular weight excluding hydrogens is 874 g/mol. The molecule has 0 saturated carbocycles. The van der Waals surface area contributed by atoms with Gasteiger partial charge in [-0.3, -0.25) is 0 Å². The van der Waals surface area contributed by atoms with E-state index in [0.717, 1.165) is 11.4 Å². The summed E-state index contributed by atoms with van der Waals surface area (Å²) in [4.78, 5) is 2.48. The van der Waals surface area contributed by atoms with E-state index in [2.05, 4.69) is 239 Å². The average molecular weight is 930 g/mol. The maximum Gasteiger partial charge on any atom is 0.252 e. The molecule has 0 bridgehead atoms. The van der Waals surface area contributed by atoms with Crippen LogP contribution in [-0.4, -0.2) is 23.9 Å². The highest BCUT2D eigenvalue weighted by atomic mass is 28.3. The third kappa shape index (κ3) is 5.15. The summed E-state index contributed by atoms with van der Waals surface area (Å²) in [6, 6.07) is 67.0. The predicted molar refractivity (Wildman–Crippen MR) is 307 cm³/mol. The Hall–Kier alpha value is -7.34. The molecule has 0 amide bonds. The molecule has 5 heteroatoms. The van der Waals surface area contributed by atoms with Gasteiger partial charge in [0.05, 0.1) is 22.2 Å². The van der Waals surface area contributed by atoms with Crippen LogP contribution in [0, 0.1) is 0 Å². The fourth-order valence-electron chi connectivity index (χ4n) is 14.0. The van der Waals surface area contributed by atoms with Crippen LogP contribution in [0.2, 0.25) is 0 Å². The van der Waals surface area contributed by atoms with Gasteiger partial charge in [-0.1, -0.05) is 171 Å². The van der Waals surface area contributed by atoms with Crippen LogP contribution in [0.5, 0.6) is 0 Å². The van der Waals surface area contributed by atoms with E-state index in [1.165, 1.54) is 110 Å². The highest BCUT2D eigenvalue weighted by molar-refractivity contribution is 7.24. The monoisotopic (exact) mass is 929 g/mol. The molecule has 4 aliphatic rings. The summed E-state index contributed by atoms with van der Waals surface area (Å²) in [5, 5.41) is 11.6. The molecule has 2 aromatic heterocycles. The van der Waals surface area contributed by atoms with Crippen LogP contribution in [0.25, 0.3) is 66.1 Å². The van der Waals surface area contributed by atoms with E-state index >= 15 is 0 Å². The zero-order chi connectivity index (χ0) is 47.9. The number of aromatic nitrogens is 2. The van der Waals surface area contributed by atoms with E-state index in [1.807, 2.05) is 0 Å². The lowest BCUT2D eigenvalue weighted by Gasteiger charge is -2.43. The molecule has 6 heterocycles. The Morgan fingerprint density at radius 2 is 0.986 bits per heavy atom. The highest BCUT2D eigenvalue weighted by Gasteiger charge is 2.56. The van der Waals surface area contributed by atoms with Gasteiger partial charge < -0.3 is 14.0 Å². The van der Waals surface area contributed by atoms with Crippen LogP contribution < -0.4 is 42.0 Å². The topological polar surface area (TPSA) is 13.1 Å². The Labute approximate surface area is 418 Å². The summed E-state index contributed by atoms with van der Waals surface area (Å²) in [5.74, 6) is 1.55. The van der Waals surface area contributed by atoms with Crippen LogP contribution in [0.3, 0.4) is 0 Å². The van der Waals surface area contributed by atoms with E-state index in [4.69, 9.17) is 0 Å². The van der Waals surface area contributed by atoms with Gasteiger partial charge in [0.15, 0.2) is 8.07 Å². The van der Waals surface area contributed by atoms with Gasteiger partial charge in [-0.15, -0.1) is 0 Å². The normalized spacial score (nSPS) is 14.2. The number of nitrogens with zero attached hydrogens (tertiary/aromatic N) is 3. The quantitative estimate of drug-likeness (QED) is 0.145. The first kappa shape index (κ1) is 41.4. The summed E-state index contributed by atoms with van der Waals surface area (Å²) in [6.07, 6.45) is 0. The minimum absolute atomic E-state index is 0.0229. The molecule has 0 saturated heterocycles. The second-order valence-corrected chi connectivity index (χ2v) is 26.0. The first-order valence-corrected chi connectivity index (χ1v) is 28.2. The third-order valence-corrected chi connectivity index (χ3v) is 22.2. The molecule has 1 spiro atoms. The average Bonchev–Trinajstić information content (AvgIpc) is 4.05. The lowest BCUT2D eigenvalue weighted by molar-refractivity contribution is 0.868. The molecule has 11 aromatic rings. The zero-order valence-electron chi connectivity index (χ0n) is 41.9. The predicted octanol–water partition coefficient (Wildman–Crippen LogP) is 12.7. The first-order valence-electron chi connectivity index (χ1n) is 26.2. The highest BCUT2D eigenvalue weighted by Crippen LogP contribution is 2.47. The van der Waals surface area contributed by atoms with Crippen LogP contribution >= 0.6 is 0 Å². The number of anilines is 3. The van der Waals surface area contributed by atoms with Gasteiger partial charge in [0.2, 0.25) is 0 Å². The smallest absolute Gasteiger partial charge is 0.252 e.